The summed E-state index contributed by atoms with van der Waals surface area (Å²) < 4.78 is 34.4. The molecule has 0 saturated carbocycles. The Morgan fingerprint density at radius 3 is 2.91 bits per heavy atom. The molecule has 0 fully saturated rings. The average Bonchev–Trinajstić information content (AvgIpc) is 2.98. The first kappa shape index (κ1) is 15.9. The number of benzene rings is 1. The highest BCUT2D eigenvalue weighted by Gasteiger charge is 2.14. The minimum atomic E-state index is -2.99. The van der Waals surface area contributed by atoms with Gasteiger partial charge in [-0.1, -0.05) is 12.1 Å². The molecule has 22 heavy (non-hydrogen) atoms. The van der Waals surface area contributed by atoms with Crippen LogP contribution in [0.15, 0.2) is 35.9 Å². The number of anilines is 1. The second-order valence-electron chi connectivity index (χ2n) is 3.92. The Bertz CT molecular complexity index is 660. The Morgan fingerprint density at radius 2 is 2.27 bits per heavy atom. The lowest BCUT2D eigenvalue weighted by atomic mass is 10.1. The number of ether oxygens (including phenoxy) is 2. The Morgan fingerprint density at radius 1 is 1.45 bits per heavy atom. The Balaban J connectivity index is 2.17. The minimum absolute atomic E-state index is 0.127. The van der Waals surface area contributed by atoms with Crippen LogP contribution in [0.3, 0.4) is 0 Å². The topological polar surface area (TPSA) is 60.5 Å². The Labute approximate surface area is 129 Å². The van der Waals surface area contributed by atoms with Gasteiger partial charge >= 0.3 is 6.61 Å². The largest absolute Gasteiger partial charge is 0.493 e. The van der Waals surface area contributed by atoms with Gasteiger partial charge in [0.05, 0.1) is 7.11 Å². The number of halogens is 2. The molecule has 2 aromatic rings. The predicted molar refractivity (Wildman–Crippen MR) is 79.4 cm³/mol. The van der Waals surface area contributed by atoms with E-state index in [1.54, 1.807) is 17.6 Å². The zero-order chi connectivity index (χ0) is 15.9. The molecule has 1 N–H and O–H groups in total. The van der Waals surface area contributed by atoms with Gasteiger partial charge in [-0.2, -0.15) is 8.78 Å². The van der Waals surface area contributed by atoms with Gasteiger partial charge < -0.3 is 9.47 Å². The third kappa shape index (κ3) is 4.26. The number of nitrogens with one attached hydrogen (secondary N) is 1. The monoisotopic (exact) mass is 326 g/mol. The van der Waals surface area contributed by atoms with E-state index in [0.29, 0.717) is 10.7 Å². The van der Waals surface area contributed by atoms with E-state index in [2.05, 4.69) is 15.0 Å². The van der Waals surface area contributed by atoms with Crippen LogP contribution in [0, 0.1) is 0 Å². The number of alkyl halides is 2. The molecule has 8 heteroatoms. The number of carbonyl (C=O) groups is 1. The number of nitrogens with zero attached hydrogens (tertiary/aromatic N) is 1. The number of carbonyl (C=O) groups excluding carboxylic acids is 1. The van der Waals surface area contributed by atoms with Gasteiger partial charge in [0.1, 0.15) is 0 Å². The molecule has 0 spiro atoms. The highest BCUT2D eigenvalue weighted by Crippen LogP contribution is 2.33. The summed E-state index contributed by atoms with van der Waals surface area (Å²) in [5, 5.41) is 4.71. The van der Waals surface area contributed by atoms with E-state index >= 15 is 0 Å². The van der Waals surface area contributed by atoms with E-state index in [1.807, 2.05) is 0 Å². The van der Waals surface area contributed by atoms with Crippen molar-refractivity contribution in [2.45, 2.75) is 6.61 Å². The normalized spacial score (nSPS) is 10.9. The number of amides is 1. The maximum absolute atomic E-state index is 12.5. The van der Waals surface area contributed by atoms with Gasteiger partial charge in [0.2, 0.25) is 5.91 Å². The van der Waals surface area contributed by atoms with Crippen molar-refractivity contribution >= 4 is 28.5 Å². The minimum Gasteiger partial charge on any atom is -0.493 e. The molecule has 0 aliphatic rings. The van der Waals surface area contributed by atoms with Crippen LogP contribution in [0.25, 0.3) is 6.08 Å². The van der Waals surface area contributed by atoms with Gasteiger partial charge in [0, 0.05) is 23.2 Å². The van der Waals surface area contributed by atoms with Gasteiger partial charge in [0.15, 0.2) is 16.6 Å². The van der Waals surface area contributed by atoms with Gasteiger partial charge in [-0.25, -0.2) is 4.98 Å². The SMILES string of the molecule is COc1cccc(/C=C\C(=O)Nc2nccs2)c1OC(F)F. The first-order valence-corrected chi connectivity index (χ1v) is 6.98. The summed E-state index contributed by atoms with van der Waals surface area (Å²) in [5.41, 5.74) is 0.300. The first-order valence-electron chi connectivity index (χ1n) is 6.10. The quantitative estimate of drug-likeness (QED) is 0.827. The van der Waals surface area contributed by atoms with Gasteiger partial charge in [0.25, 0.3) is 0 Å². The van der Waals surface area contributed by atoms with Crippen LogP contribution in [0.1, 0.15) is 5.56 Å². The molecule has 0 bridgehead atoms. The molecule has 0 radical (unpaired) electrons. The van der Waals surface area contributed by atoms with Crippen molar-refractivity contribution < 1.29 is 23.0 Å². The lowest BCUT2D eigenvalue weighted by Crippen LogP contribution is -2.07. The van der Waals surface area contributed by atoms with Crippen molar-refractivity contribution in [1.82, 2.24) is 4.98 Å². The number of aromatic nitrogens is 1. The highest BCUT2D eigenvalue weighted by atomic mass is 32.1. The molecular formula is C14H12F2N2O3S. The third-order valence-electron chi connectivity index (χ3n) is 2.51. The van der Waals surface area contributed by atoms with Crippen LogP contribution < -0.4 is 14.8 Å². The molecule has 0 atom stereocenters. The summed E-state index contributed by atoms with van der Waals surface area (Å²) >= 11 is 1.27. The molecule has 0 aliphatic carbocycles. The third-order valence-corrected chi connectivity index (χ3v) is 3.20. The van der Waals surface area contributed by atoms with E-state index < -0.39 is 12.5 Å². The standard InChI is InChI=1S/C14H12F2N2O3S/c1-20-10-4-2-3-9(12(10)21-13(15)16)5-6-11(19)18-14-17-7-8-22-14/h2-8,13H,1H3,(H,17,18,19)/b6-5-. The van der Waals surface area contributed by atoms with Crippen molar-refractivity contribution in [2.75, 3.05) is 12.4 Å². The van der Waals surface area contributed by atoms with Crippen molar-refractivity contribution in [3.8, 4) is 11.5 Å². The molecule has 1 amide bonds. The highest BCUT2D eigenvalue weighted by molar-refractivity contribution is 7.13. The second kappa shape index (κ2) is 7.51. The molecule has 0 unspecified atom stereocenters. The van der Waals surface area contributed by atoms with Gasteiger partial charge in [-0.15, -0.1) is 11.3 Å². The lowest BCUT2D eigenvalue weighted by Gasteiger charge is -2.12. The number of hydrogen-bond donors (Lipinski definition) is 1. The fourth-order valence-electron chi connectivity index (χ4n) is 1.64. The maximum Gasteiger partial charge on any atom is 0.387 e. The number of para-hydroxylation sites is 1. The van der Waals surface area contributed by atoms with E-state index in [1.165, 1.54) is 42.7 Å². The number of methoxy groups -OCH3 is 1. The Hall–Kier alpha value is -2.48. The fraction of sp³-hybridized carbons (Fsp3) is 0.143. The van der Waals surface area contributed by atoms with Crippen molar-refractivity contribution in [2.24, 2.45) is 0 Å². The average molecular weight is 326 g/mol. The van der Waals surface area contributed by atoms with E-state index in [-0.39, 0.29) is 11.5 Å². The van der Waals surface area contributed by atoms with E-state index in [4.69, 9.17) is 4.74 Å². The summed E-state index contributed by atoms with van der Waals surface area (Å²) in [5.74, 6) is -0.401. The summed E-state index contributed by atoms with van der Waals surface area (Å²) in [6.07, 6.45) is 4.12. The lowest BCUT2D eigenvalue weighted by molar-refractivity contribution is -0.111. The zero-order valence-electron chi connectivity index (χ0n) is 11.5. The predicted octanol–water partition coefficient (Wildman–Crippen LogP) is 3.41. The molecule has 116 valence electrons. The summed E-state index contributed by atoms with van der Waals surface area (Å²) in [7, 11) is 1.34. The summed E-state index contributed by atoms with van der Waals surface area (Å²) in [6.45, 7) is -2.99. The van der Waals surface area contributed by atoms with Crippen molar-refractivity contribution in [3.05, 3.63) is 41.4 Å². The molecule has 1 aromatic heterocycles. The van der Waals surface area contributed by atoms with Crippen LogP contribution >= 0.6 is 11.3 Å². The number of hydrogen-bond acceptors (Lipinski definition) is 5. The second-order valence-corrected chi connectivity index (χ2v) is 4.81. The van der Waals surface area contributed by atoms with Crippen LogP contribution in [0.4, 0.5) is 13.9 Å². The summed E-state index contributed by atoms with van der Waals surface area (Å²) in [4.78, 5) is 15.6. The zero-order valence-corrected chi connectivity index (χ0v) is 12.3. The van der Waals surface area contributed by atoms with Gasteiger partial charge in [-0.05, 0) is 12.1 Å². The first-order chi connectivity index (χ1) is 10.6. The van der Waals surface area contributed by atoms with Crippen LogP contribution in [-0.2, 0) is 4.79 Å². The van der Waals surface area contributed by atoms with E-state index in [0.717, 1.165) is 0 Å². The molecule has 1 heterocycles. The van der Waals surface area contributed by atoms with Crippen molar-refractivity contribution in [3.63, 3.8) is 0 Å². The molecule has 5 nitrogen and oxygen atoms in total. The molecule has 2 rings (SSSR count). The maximum atomic E-state index is 12.5. The van der Waals surface area contributed by atoms with Gasteiger partial charge in [-0.3, -0.25) is 10.1 Å². The Kier molecular flexibility index (Phi) is 5.42. The molecule has 0 aliphatic heterocycles. The van der Waals surface area contributed by atoms with E-state index in [9.17, 15) is 13.6 Å². The number of thiazole rings is 1. The molecule has 1 aromatic carbocycles. The fourth-order valence-corrected chi connectivity index (χ4v) is 2.17. The van der Waals surface area contributed by atoms with Crippen molar-refractivity contribution in [1.29, 1.82) is 0 Å². The van der Waals surface area contributed by atoms with Crippen LogP contribution in [-0.4, -0.2) is 24.6 Å². The molecular weight excluding hydrogens is 314 g/mol. The van der Waals surface area contributed by atoms with Crippen LogP contribution in [0.2, 0.25) is 0 Å². The number of rotatable bonds is 6. The van der Waals surface area contributed by atoms with Crippen LogP contribution in [0.5, 0.6) is 11.5 Å². The molecule has 0 saturated heterocycles. The smallest absolute Gasteiger partial charge is 0.387 e. The summed E-state index contributed by atoms with van der Waals surface area (Å²) in [6, 6.07) is 4.63.